The molecule has 4 nitrogen and oxygen atoms in total. The fourth-order valence-corrected chi connectivity index (χ4v) is 2.14. The van der Waals surface area contributed by atoms with Crippen LogP contribution in [0.3, 0.4) is 0 Å². The Morgan fingerprint density at radius 2 is 1.67 bits per heavy atom. The van der Waals surface area contributed by atoms with E-state index in [0.717, 1.165) is 11.3 Å². The molecule has 0 amide bonds. The lowest BCUT2D eigenvalue weighted by atomic mass is 9.89. The van der Waals surface area contributed by atoms with Gasteiger partial charge in [-0.2, -0.15) is 5.10 Å². The number of rotatable bonds is 1. The highest BCUT2D eigenvalue weighted by molar-refractivity contribution is 6.33. The molecule has 0 aromatic carbocycles. The van der Waals surface area contributed by atoms with Gasteiger partial charge >= 0.3 is 0 Å². The number of aromatic nitrogens is 4. The van der Waals surface area contributed by atoms with Crippen molar-refractivity contribution in [2.45, 2.75) is 26.2 Å². The van der Waals surface area contributed by atoms with Crippen LogP contribution < -0.4 is 0 Å². The summed E-state index contributed by atoms with van der Waals surface area (Å²) in [6, 6.07) is 1.51. The van der Waals surface area contributed by atoms with E-state index in [-0.39, 0.29) is 5.41 Å². The van der Waals surface area contributed by atoms with E-state index in [2.05, 4.69) is 35.8 Å². The molecule has 0 spiro atoms. The third-order valence-corrected chi connectivity index (χ3v) is 2.83. The average molecular weight is 285 g/mol. The van der Waals surface area contributed by atoms with Crippen molar-refractivity contribution in [3.63, 3.8) is 0 Å². The van der Waals surface area contributed by atoms with E-state index in [4.69, 9.17) is 23.2 Å². The summed E-state index contributed by atoms with van der Waals surface area (Å²) in [5.41, 5.74) is 1.67. The first-order valence-electron chi connectivity index (χ1n) is 5.52. The molecule has 0 radical (unpaired) electrons. The van der Waals surface area contributed by atoms with Gasteiger partial charge in [0.05, 0.1) is 11.3 Å². The highest BCUT2D eigenvalue weighted by atomic mass is 35.5. The second-order valence-electron chi connectivity index (χ2n) is 5.15. The summed E-state index contributed by atoms with van der Waals surface area (Å²) in [4.78, 5) is 8.42. The Bertz CT molecular complexity index is 564. The van der Waals surface area contributed by atoms with E-state index in [1.54, 1.807) is 4.68 Å². The second-order valence-corrected chi connectivity index (χ2v) is 5.93. The van der Waals surface area contributed by atoms with Crippen LogP contribution in [-0.2, 0) is 12.5 Å². The maximum Gasteiger partial charge on any atom is 0.165 e. The number of hydrogen-bond acceptors (Lipinski definition) is 3. The molecule has 0 saturated heterocycles. The monoisotopic (exact) mass is 284 g/mol. The molecule has 2 rings (SSSR count). The minimum atomic E-state index is -0.102. The Labute approximate surface area is 116 Å². The molecule has 2 aromatic heterocycles. The van der Waals surface area contributed by atoms with Crippen molar-refractivity contribution >= 4 is 23.2 Å². The van der Waals surface area contributed by atoms with Gasteiger partial charge < -0.3 is 0 Å². The standard InChI is InChI=1S/C12H14Cl2N4/c1-12(2,3)10-7(6-18(4)17-10)11-15-8(13)5-9(14)16-11/h5-6H,1-4H3. The van der Waals surface area contributed by atoms with E-state index < -0.39 is 0 Å². The van der Waals surface area contributed by atoms with Gasteiger partial charge in [-0.25, -0.2) is 9.97 Å². The molecule has 0 saturated carbocycles. The summed E-state index contributed by atoms with van der Waals surface area (Å²) in [6.07, 6.45) is 1.88. The quantitative estimate of drug-likeness (QED) is 0.753. The van der Waals surface area contributed by atoms with Crippen LogP contribution in [0.5, 0.6) is 0 Å². The lowest BCUT2D eigenvalue weighted by Crippen LogP contribution is -2.14. The van der Waals surface area contributed by atoms with E-state index in [9.17, 15) is 0 Å². The summed E-state index contributed by atoms with van der Waals surface area (Å²) in [7, 11) is 1.87. The van der Waals surface area contributed by atoms with E-state index in [0.29, 0.717) is 16.1 Å². The molecule has 0 atom stereocenters. The first kappa shape index (κ1) is 13.3. The maximum atomic E-state index is 5.91. The molecular formula is C12H14Cl2N4. The minimum Gasteiger partial charge on any atom is -0.275 e. The number of hydrogen-bond donors (Lipinski definition) is 0. The van der Waals surface area contributed by atoms with Crippen LogP contribution in [0.4, 0.5) is 0 Å². The van der Waals surface area contributed by atoms with Gasteiger partial charge in [0.2, 0.25) is 0 Å². The van der Waals surface area contributed by atoms with Crippen LogP contribution >= 0.6 is 23.2 Å². The average Bonchev–Trinajstić information content (AvgIpc) is 2.58. The summed E-state index contributed by atoms with van der Waals surface area (Å²) in [6.45, 7) is 6.26. The molecule has 0 aliphatic heterocycles. The van der Waals surface area contributed by atoms with Crippen LogP contribution in [-0.4, -0.2) is 19.7 Å². The van der Waals surface area contributed by atoms with Crippen LogP contribution in [0.1, 0.15) is 26.5 Å². The van der Waals surface area contributed by atoms with Crippen molar-refractivity contribution in [1.29, 1.82) is 0 Å². The topological polar surface area (TPSA) is 43.6 Å². The highest BCUT2D eigenvalue weighted by Crippen LogP contribution is 2.31. The smallest absolute Gasteiger partial charge is 0.165 e. The van der Waals surface area contributed by atoms with Crippen molar-refractivity contribution in [1.82, 2.24) is 19.7 Å². The first-order chi connectivity index (χ1) is 8.27. The lowest BCUT2D eigenvalue weighted by Gasteiger charge is -2.16. The summed E-state index contributed by atoms with van der Waals surface area (Å²) in [5.74, 6) is 0.505. The Morgan fingerprint density at radius 3 is 2.17 bits per heavy atom. The molecule has 0 N–H and O–H groups in total. The molecule has 2 aromatic rings. The zero-order valence-corrected chi connectivity index (χ0v) is 12.2. The van der Waals surface area contributed by atoms with Crippen molar-refractivity contribution < 1.29 is 0 Å². The Kier molecular flexibility index (Phi) is 3.34. The molecule has 6 heteroatoms. The highest BCUT2D eigenvalue weighted by Gasteiger charge is 2.24. The minimum absolute atomic E-state index is 0.102. The molecule has 0 unspecified atom stereocenters. The van der Waals surface area contributed by atoms with E-state index in [1.807, 2.05) is 13.2 Å². The predicted molar refractivity (Wildman–Crippen MR) is 73.0 cm³/mol. The fourth-order valence-electron chi connectivity index (χ4n) is 1.72. The fraction of sp³-hybridized carbons (Fsp3) is 0.417. The Morgan fingerprint density at radius 1 is 1.11 bits per heavy atom. The van der Waals surface area contributed by atoms with Crippen molar-refractivity contribution in [3.05, 3.63) is 28.3 Å². The second kappa shape index (κ2) is 4.52. The number of halogens is 2. The zero-order chi connectivity index (χ0) is 13.5. The molecule has 0 fully saturated rings. The third-order valence-electron chi connectivity index (χ3n) is 2.44. The first-order valence-corrected chi connectivity index (χ1v) is 6.27. The van der Waals surface area contributed by atoms with Crippen molar-refractivity contribution in [2.24, 2.45) is 7.05 Å². The molecule has 0 bridgehead atoms. The maximum absolute atomic E-state index is 5.91. The molecule has 96 valence electrons. The largest absolute Gasteiger partial charge is 0.275 e. The number of nitrogens with zero attached hydrogens (tertiary/aromatic N) is 4. The van der Waals surface area contributed by atoms with Crippen molar-refractivity contribution in [2.75, 3.05) is 0 Å². The van der Waals surface area contributed by atoms with Gasteiger partial charge in [0.1, 0.15) is 10.3 Å². The van der Waals surface area contributed by atoms with Gasteiger partial charge in [0.15, 0.2) is 5.82 Å². The van der Waals surface area contributed by atoms with Gasteiger partial charge in [-0.3, -0.25) is 4.68 Å². The lowest BCUT2D eigenvalue weighted by molar-refractivity contribution is 0.554. The van der Waals surface area contributed by atoms with Crippen molar-refractivity contribution in [3.8, 4) is 11.4 Å². The van der Waals surface area contributed by atoms with E-state index in [1.165, 1.54) is 6.07 Å². The molecule has 0 aliphatic carbocycles. The van der Waals surface area contributed by atoms with Gasteiger partial charge in [0.25, 0.3) is 0 Å². The van der Waals surface area contributed by atoms with Gasteiger partial charge in [-0.05, 0) is 0 Å². The van der Waals surface area contributed by atoms with Crippen LogP contribution in [0.15, 0.2) is 12.3 Å². The van der Waals surface area contributed by atoms with Crippen LogP contribution in [0.25, 0.3) is 11.4 Å². The summed E-state index contributed by atoms with van der Waals surface area (Å²) in [5, 5.41) is 5.12. The Hall–Kier alpha value is -1.13. The van der Waals surface area contributed by atoms with Crippen LogP contribution in [0.2, 0.25) is 10.3 Å². The molecular weight excluding hydrogens is 271 g/mol. The molecule has 0 aliphatic rings. The SMILES string of the molecule is Cn1cc(-c2nc(Cl)cc(Cl)n2)c(C(C)(C)C)n1. The zero-order valence-electron chi connectivity index (χ0n) is 10.7. The van der Waals surface area contributed by atoms with Gasteiger partial charge in [-0.1, -0.05) is 44.0 Å². The summed E-state index contributed by atoms with van der Waals surface area (Å²) < 4.78 is 1.74. The molecule has 2 heterocycles. The van der Waals surface area contributed by atoms with Crippen LogP contribution in [0, 0.1) is 0 Å². The van der Waals surface area contributed by atoms with Gasteiger partial charge in [-0.15, -0.1) is 0 Å². The normalized spacial score (nSPS) is 11.9. The van der Waals surface area contributed by atoms with Gasteiger partial charge in [0, 0.05) is 24.7 Å². The van der Waals surface area contributed by atoms with E-state index >= 15 is 0 Å². The predicted octanol–water partition coefficient (Wildman–Crippen LogP) is 3.48. The Balaban J connectivity index is 2.63. The summed E-state index contributed by atoms with van der Waals surface area (Å²) >= 11 is 11.8. The third kappa shape index (κ3) is 2.65. The number of aryl methyl sites for hydroxylation is 1. The molecule has 18 heavy (non-hydrogen) atoms.